The average molecular weight is 331 g/mol. The highest BCUT2D eigenvalue weighted by molar-refractivity contribution is 6.35. The van der Waals surface area contributed by atoms with Crippen LogP contribution in [0.4, 0.5) is 5.69 Å². The molecule has 0 bridgehead atoms. The number of ketones is 1. The fourth-order valence-electron chi connectivity index (χ4n) is 3.22. The summed E-state index contributed by atoms with van der Waals surface area (Å²) in [6, 6.07) is 14.8. The lowest BCUT2D eigenvalue weighted by molar-refractivity contribution is 0.0893. The molecule has 0 unspecified atom stereocenters. The molecule has 5 nitrogen and oxygen atoms in total. The maximum Gasteiger partial charge on any atom is 0.265 e. The van der Waals surface area contributed by atoms with Crippen molar-refractivity contribution in [3.63, 3.8) is 0 Å². The molecular formula is C20H13NO4. The number of phenolic OH excluding ortho intramolecular Hbond substituents is 1. The van der Waals surface area contributed by atoms with Crippen LogP contribution in [0.2, 0.25) is 0 Å². The van der Waals surface area contributed by atoms with Crippen molar-refractivity contribution >= 4 is 34.1 Å². The summed E-state index contributed by atoms with van der Waals surface area (Å²) in [4.78, 5) is 38.3. The van der Waals surface area contributed by atoms with Gasteiger partial charge in [0.15, 0.2) is 5.78 Å². The Bertz CT molecular complexity index is 1030. The molecule has 1 heterocycles. The standard InChI is InChI=1S/C20H13NO4/c1-11(22)14-9-8-13(10-17(14)23)21-19(24)15-6-2-4-12-5-3-7-16(18(12)15)20(21)25/h2-10,23H,1H3. The van der Waals surface area contributed by atoms with E-state index in [0.29, 0.717) is 16.5 Å². The number of carbonyl (C=O) groups excluding carboxylic acids is 3. The van der Waals surface area contributed by atoms with Crippen molar-refractivity contribution in [1.29, 1.82) is 0 Å². The minimum atomic E-state index is -0.454. The third-order valence-corrected chi connectivity index (χ3v) is 4.39. The monoisotopic (exact) mass is 331 g/mol. The Labute approximate surface area is 143 Å². The Balaban J connectivity index is 1.91. The summed E-state index contributed by atoms with van der Waals surface area (Å²) < 4.78 is 0. The molecule has 4 rings (SSSR count). The number of carbonyl (C=O) groups is 3. The number of nitrogens with zero attached hydrogens (tertiary/aromatic N) is 1. The highest BCUT2D eigenvalue weighted by Gasteiger charge is 2.34. The van der Waals surface area contributed by atoms with E-state index in [9.17, 15) is 19.5 Å². The first kappa shape index (κ1) is 15.1. The lowest BCUT2D eigenvalue weighted by Crippen LogP contribution is -2.40. The SMILES string of the molecule is CC(=O)c1ccc(N2C(=O)c3cccc4cccc(c34)C2=O)cc1O. The van der Waals surface area contributed by atoms with Crippen LogP contribution in [0.15, 0.2) is 54.6 Å². The molecule has 3 aromatic rings. The fraction of sp³-hybridized carbons (Fsp3) is 0.0500. The van der Waals surface area contributed by atoms with Gasteiger partial charge < -0.3 is 5.11 Å². The second-order valence-electron chi connectivity index (χ2n) is 5.91. The van der Waals surface area contributed by atoms with E-state index in [1.54, 1.807) is 24.3 Å². The summed E-state index contributed by atoms with van der Waals surface area (Å²) >= 11 is 0. The number of Topliss-reactive ketones (excluding diaryl/α,β-unsaturated/α-hetero) is 1. The van der Waals surface area contributed by atoms with Gasteiger partial charge in [-0.3, -0.25) is 14.4 Å². The van der Waals surface area contributed by atoms with E-state index < -0.39 is 11.8 Å². The van der Waals surface area contributed by atoms with Gasteiger partial charge in [-0.05, 0) is 36.6 Å². The van der Waals surface area contributed by atoms with Gasteiger partial charge in [0.2, 0.25) is 0 Å². The van der Waals surface area contributed by atoms with Gasteiger partial charge in [0, 0.05) is 22.6 Å². The van der Waals surface area contributed by atoms with Crippen LogP contribution in [-0.2, 0) is 0 Å². The van der Waals surface area contributed by atoms with Crippen molar-refractivity contribution < 1.29 is 19.5 Å². The first-order valence-electron chi connectivity index (χ1n) is 7.73. The maximum absolute atomic E-state index is 12.9. The normalized spacial score (nSPS) is 13.4. The lowest BCUT2D eigenvalue weighted by atomic mass is 9.93. The quantitative estimate of drug-likeness (QED) is 0.575. The van der Waals surface area contributed by atoms with Gasteiger partial charge in [0.25, 0.3) is 11.8 Å². The Morgan fingerprint density at radius 1 is 0.920 bits per heavy atom. The first-order chi connectivity index (χ1) is 12.0. The Morgan fingerprint density at radius 2 is 1.52 bits per heavy atom. The van der Waals surface area contributed by atoms with Crippen LogP contribution < -0.4 is 4.90 Å². The van der Waals surface area contributed by atoms with Gasteiger partial charge in [-0.1, -0.05) is 24.3 Å². The van der Waals surface area contributed by atoms with Gasteiger partial charge in [-0.25, -0.2) is 4.90 Å². The molecule has 0 atom stereocenters. The highest BCUT2D eigenvalue weighted by atomic mass is 16.3. The van der Waals surface area contributed by atoms with E-state index in [1.165, 1.54) is 25.1 Å². The van der Waals surface area contributed by atoms with Crippen molar-refractivity contribution in [1.82, 2.24) is 0 Å². The molecule has 0 spiro atoms. The first-order valence-corrected chi connectivity index (χ1v) is 7.73. The molecule has 1 aliphatic rings. The zero-order chi connectivity index (χ0) is 17.7. The van der Waals surface area contributed by atoms with Crippen molar-refractivity contribution in [2.45, 2.75) is 6.92 Å². The molecule has 0 fully saturated rings. The molecule has 122 valence electrons. The molecule has 2 amide bonds. The maximum atomic E-state index is 12.9. The molecule has 0 aromatic heterocycles. The summed E-state index contributed by atoms with van der Waals surface area (Å²) in [5.41, 5.74) is 1.23. The minimum Gasteiger partial charge on any atom is -0.507 e. The topological polar surface area (TPSA) is 74.7 Å². The number of benzene rings is 3. The Kier molecular flexibility index (Phi) is 3.18. The van der Waals surface area contributed by atoms with E-state index in [0.717, 1.165) is 10.3 Å². The van der Waals surface area contributed by atoms with Gasteiger partial charge in [0.1, 0.15) is 5.75 Å². The third-order valence-electron chi connectivity index (χ3n) is 4.39. The lowest BCUT2D eigenvalue weighted by Gasteiger charge is -2.27. The summed E-state index contributed by atoms with van der Waals surface area (Å²) in [7, 11) is 0. The third kappa shape index (κ3) is 2.13. The number of hydrogen-bond donors (Lipinski definition) is 1. The van der Waals surface area contributed by atoms with Crippen molar-refractivity contribution in [2.75, 3.05) is 4.90 Å². The number of hydrogen-bond acceptors (Lipinski definition) is 4. The molecule has 25 heavy (non-hydrogen) atoms. The van der Waals surface area contributed by atoms with Gasteiger partial charge in [0.05, 0.1) is 11.3 Å². The molecule has 3 aromatic carbocycles. The fourth-order valence-corrected chi connectivity index (χ4v) is 3.22. The molecule has 0 saturated carbocycles. The van der Waals surface area contributed by atoms with Crippen LogP contribution in [0.1, 0.15) is 38.0 Å². The number of phenols is 1. The van der Waals surface area contributed by atoms with E-state index in [2.05, 4.69) is 0 Å². The molecule has 0 saturated heterocycles. The predicted molar refractivity (Wildman–Crippen MR) is 93.2 cm³/mol. The van der Waals surface area contributed by atoms with E-state index in [1.807, 2.05) is 12.1 Å². The second-order valence-corrected chi connectivity index (χ2v) is 5.91. The zero-order valence-electron chi connectivity index (χ0n) is 13.3. The number of anilines is 1. The Hall–Kier alpha value is -3.47. The van der Waals surface area contributed by atoms with Crippen molar-refractivity contribution in [2.24, 2.45) is 0 Å². The minimum absolute atomic E-state index is 0.142. The van der Waals surface area contributed by atoms with Crippen LogP contribution in [0.25, 0.3) is 10.8 Å². The van der Waals surface area contributed by atoms with Crippen LogP contribution in [0.3, 0.4) is 0 Å². The molecule has 0 aliphatic carbocycles. The molecule has 1 N–H and O–H groups in total. The number of amides is 2. The van der Waals surface area contributed by atoms with Crippen LogP contribution in [-0.4, -0.2) is 22.7 Å². The second kappa shape index (κ2) is 5.27. The number of aromatic hydroxyl groups is 1. The van der Waals surface area contributed by atoms with Crippen molar-refractivity contribution in [3.8, 4) is 5.75 Å². The average Bonchev–Trinajstić information content (AvgIpc) is 2.59. The molecule has 5 heteroatoms. The smallest absolute Gasteiger partial charge is 0.265 e. The summed E-state index contributed by atoms with van der Waals surface area (Å²) in [5.74, 6) is -1.47. The van der Waals surface area contributed by atoms with Crippen LogP contribution in [0, 0.1) is 0 Å². The van der Waals surface area contributed by atoms with E-state index in [4.69, 9.17) is 0 Å². The summed E-state index contributed by atoms with van der Waals surface area (Å²) in [5, 5.41) is 11.5. The summed E-state index contributed by atoms with van der Waals surface area (Å²) in [6.45, 7) is 1.34. The molecule has 0 radical (unpaired) electrons. The van der Waals surface area contributed by atoms with E-state index >= 15 is 0 Å². The van der Waals surface area contributed by atoms with Crippen molar-refractivity contribution in [3.05, 3.63) is 71.3 Å². The zero-order valence-corrected chi connectivity index (χ0v) is 13.3. The molecular weight excluding hydrogens is 318 g/mol. The van der Waals surface area contributed by atoms with E-state index in [-0.39, 0.29) is 22.8 Å². The molecule has 1 aliphatic heterocycles. The number of imide groups is 1. The number of rotatable bonds is 2. The predicted octanol–water partition coefficient (Wildman–Crippen LogP) is 3.55. The Morgan fingerprint density at radius 3 is 2.04 bits per heavy atom. The van der Waals surface area contributed by atoms with Gasteiger partial charge in [-0.2, -0.15) is 0 Å². The van der Waals surface area contributed by atoms with Gasteiger partial charge >= 0.3 is 0 Å². The summed E-state index contributed by atoms with van der Waals surface area (Å²) in [6.07, 6.45) is 0. The van der Waals surface area contributed by atoms with Gasteiger partial charge in [-0.15, -0.1) is 0 Å². The largest absolute Gasteiger partial charge is 0.507 e. The van der Waals surface area contributed by atoms with Crippen LogP contribution in [0.5, 0.6) is 5.75 Å². The highest BCUT2D eigenvalue weighted by Crippen LogP contribution is 2.34. The van der Waals surface area contributed by atoms with Crippen LogP contribution >= 0.6 is 0 Å².